The van der Waals surface area contributed by atoms with Crippen LogP contribution in [0.3, 0.4) is 0 Å². The summed E-state index contributed by atoms with van der Waals surface area (Å²) < 4.78 is 15.3. The number of aryl methyl sites for hydroxylation is 1. The molecule has 0 unspecified atom stereocenters. The number of imidazole rings is 1. The second-order valence-corrected chi connectivity index (χ2v) is 3.82. The van der Waals surface area contributed by atoms with Gasteiger partial charge in [0.1, 0.15) is 6.17 Å². The summed E-state index contributed by atoms with van der Waals surface area (Å²) in [6.07, 6.45) is 0.989. The van der Waals surface area contributed by atoms with Crippen molar-refractivity contribution in [3.8, 4) is 0 Å². The molecule has 1 aromatic heterocycles. The van der Waals surface area contributed by atoms with Crippen LogP contribution >= 0.6 is 0 Å². The first kappa shape index (κ1) is 10.7. The molecule has 7 heteroatoms. The Morgan fingerprint density at radius 3 is 3.00 bits per heavy atom. The minimum Gasteiger partial charge on any atom is -0.465 e. The Kier molecular flexibility index (Phi) is 2.67. The van der Waals surface area contributed by atoms with Crippen LogP contribution in [0.1, 0.15) is 0 Å². The zero-order valence-corrected chi connectivity index (χ0v) is 8.80. The van der Waals surface area contributed by atoms with Gasteiger partial charge in [-0.05, 0) is 0 Å². The topological polar surface area (TPSA) is 70.4 Å². The van der Waals surface area contributed by atoms with Gasteiger partial charge in [0.25, 0.3) is 0 Å². The molecule has 1 aromatic rings. The number of carbonyl (C=O) groups is 1. The van der Waals surface area contributed by atoms with Gasteiger partial charge in [0.05, 0.1) is 12.6 Å². The molecule has 2 heterocycles. The summed E-state index contributed by atoms with van der Waals surface area (Å²) in [6, 6.07) is -0.686. The molecule has 0 bridgehead atoms. The van der Waals surface area contributed by atoms with E-state index in [1.54, 1.807) is 21.9 Å². The average Bonchev–Trinajstić information content (AvgIpc) is 2.73. The molecule has 6 nitrogen and oxygen atoms in total. The fraction of sp³-hybridized carbons (Fsp3) is 0.556. The van der Waals surface area contributed by atoms with Crippen molar-refractivity contribution in [3.05, 3.63) is 12.4 Å². The van der Waals surface area contributed by atoms with E-state index >= 15 is 0 Å². The Morgan fingerprint density at radius 1 is 1.69 bits per heavy atom. The van der Waals surface area contributed by atoms with Gasteiger partial charge >= 0.3 is 6.09 Å². The molecule has 88 valence electrons. The molecule has 1 saturated heterocycles. The number of rotatable bonds is 2. The van der Waals surface area contributed by atoms with Crippen molar-refractivity contribution in [2.45, 2.75) is 12.2 Å². The van der Waals surface area contributed by atoms with Crippen LogP contribution < -0.4 is 10.2 Å². The number of hydrogen-bond donors (Lipinski definition) is 2. The molecule has 1 fully saturated rings. The van der Waals surface area contributed by atoms with Gasteiger partial charge in [0.15, 0.2) is 0 Å². The van der Waals surface area contributed by atoms with Gasteiger partial charge in [0.2, 0.25) is 5.95 Å². The van der Waals surface area contributed by atoms with E-state index in [1.165, 1.54) is 0 Å². The van der Waals surface area contributed by atoms with E-state index in [0.29, 0.717) is 12.5 Å². The lowest BCUT2D eigenvalue weighted by molar-refractivity contribution is 0.183. The zero-order chi connectivity index (χ0) is 11.7. The number of halogens is 1. The van der Waals surface area contributed by atoms with Crippen molar-refractivity contribution in [1.82, 2.24) is 14.9 Å². The van der Waals surface area contributed by atoms with Crippen molar-refractivity contribution < 1.29 is 14.3 Å². The maximum Gasteiger partial charge on any atom is 0.405 e. The average molecular weight is 228 g/mol. The molecular weight excluding hydrogens is 215 g/mol. The first-order chi connectivity index (χ1) is 7.58. The number of hydrogen-bond acceptors (Lipinski definition) is 3. The summed E-state index contributed by atoms with van der Waals surface area (Å²) in [5.41, 5.74) is 0. The van der Waals surface area contributed by atoms with Crippen molar-refractivity contribution in [2.24, 2.45) is 7.05 Å². The molecule has 0 spiro atoms. The zero-order valence-electron chi connectivity index (χ0n) is 8.80. The van der Waals surface area contributed by atoms with Gasteiger partial charge in [-0.2, -0.15) is 0 Å². The summed E-state index contributed by atoms with van der Waals surface area (Å²) in [5, 5.41) is 10.7. The van der Waals surface area contributed by atoms with Gasteiger partial charge in [-0.15, -0.1) is 0 Å². The van der Waals surface area contributed by atoms with Crippen molar-refractivity contribution in [3.63, 3.8) is 0 Å². The van der Waals surface area contributed by atoms with E-state index in [9.17, 15) is 9.18 Å². The van der Waals surface area contributed by atoms with Gasteiger partial charge in [-0.3, -0.25) is 0 Å². The highest BCUT2D eigenvalue weighted by molar-refractivity contribution is 5.65. The van der Waals surface area contributed by atoms with Crippen LogP contribution in [0.4, 0.5) is 15.1 Å². The molecule has 1 amide bonds. The fourth-order valence-electron chi connectivity index (χ4n) is 1.88. The van der Waals surface area contributed by atoms with Crippen LogP contribution in [-0.4, -0.2) is 46.1 Å². The summed E-state index contributed by atoms with van der Waals surface area (Å²) >= 11 is 0. The van der Waals surface area contributed by atoms with Crippen LogP contribution in [-0.2, 0) is 7.05 Å². The lowest BCUT2D eigenvalue weighted by atomic mass is 10.2. The quantitative estimate of drug-likeness (QED) is 0.759. The number of amides is 1. The number of aromatic nitrogens is 2. The van der Waals surface area contributed by atoms with Crippen LogP contribution in [0.5, 0.6) is 0 Å². The second-order valence-electron chi connectivity index (χ2n) is 3.82. The molecule has 1 aliphatic heterocycles. The summed E-state index contributed by atoms with van der Waals surface area (Å²) in [7, 11) is 1.81. The molecule has 2 N–H and O–H groups in total. The molecule has 1 aliphatic rings. The van der Waals surface area contributed by atoms with Gasteiger partial charge in [0, 0.05) is 26.0 Å². The summed E-state index contributed by atoms with van der Waals surface area (Å²) in [5.74, 6) is 0.650. The van der Waals surface area contributed by atoms with Crippen molar-refractivity contribution >= 4 is 12.0 Å². The maximum absolute atomic E-state index is 13.5. The lowest BCUT2D eigenvalue weighted by Crippen LogP contribution is -2.40. The SMILES string of the molecule is Cn1ccnc1N1C[C@H](NC(=O)O)[C@@H](F)C1. The summed E-state index contributed by atoms with van der Waals surface area (Å²) in [4.78, 5) is 16.3. The fourth-order valence-corrected chi connectivity index (χ4v) is 1.88. The first-order valence-electron chi connectivity index (χ1n) is 4.93. The lowest BCUT2D eigenvalue weighted by Gasteiger charge is -2.16. The highest BCUT2D eigenvalue weighted by Crippen LogP contribution is 2.19. The standard InChI is InChI=1S/C9H13FN4O2/c1-13-3-2-11-8(13)14-4-6(10)7(5-14)12-9(15)16/h2-3,6-7,12H,4-5H2,1H3,(H,15,16)/t6-,7-/m0/s1. The second kappa shape index (κ2) is 3.99. The van der Waals surface area contributed by atoms with Crippen molar-refractivity contribution in [1.29, 1.82) is 0 Å². The Balaban J connectivity index is 2.06. The molecule has 2 atom stereocenters. The minimum absolute atomic E-state index is 0.163. The third-order valence-corrected chi connectivity index (χ3v) is 2.64. The highest BCUT2D eigenvalue weighted by atomic mass is 19.1. The van der Waals surface area contributed by atoms with Crippen LogP contribution in [0, 0.1) is 0 Å². The molecule has 0 aliphatic carbocycles. The van der Waals surface area contributed by atoms with Crippen LogP contribution in [0.2, 0.25) is 0 Å². The van der Waals surface area contributed by atoms with Crippen molar-refractivity contribution in [2.75, 3.05) is 18.0 Å². The normalized spacial score (nSPS) is 24.8. The van der Waals surface area contributed by atoms with Gasteiger partial charge in [-0.25, -0.2) is 14.2 Å². The smallest absolute Gasteiger partial charge is 0.405 e. The molecular formula is C9H13FN4O2. The summed E-state index contributed by atoms with van der Waals surface area (Å²) in [6.45, 7) is 0.466. The van der Waals surface area contributed by atoms with E-state index in [0.717, 1.165) is 0 Å². The molecule has 0 aromatic carbocycles. The van der Waals surface area contributed by atoms with E-state index in [-0.39, 0.29) is 6.54 Å². The largest absolute Gasteiger partial charge is 0.465 e. The minimum atomic E-state index is -1.20. The number of carboxylic acid groups (broad SMARTS) is 1. The Hall–Kier alpha value is -1.79. The number of nitrogens with zero attached hydrogens (tertiary/aromatic N) is 3. The van der Waals surface area contributed by atoms with E-state index in [1.807, 2.05) is 7.05 Å². The third-order valence-electron chi connectivity index (χ3n) is 2.64. The molecule has 16 heavy (non-hydrogen) atoms. The van der Waals surface area contributed by atoms with E-state index in [4.69, 9.17) is 5.11 Å². The molecule has 0 radical (unpaired) electrons. The highest BCUT2D eigenvalue weighted by Gasteiger charge is 2.35. The first-order valence-corrected chi connectivity index (χ1v) is 4.93. The third kappa shape index (κ3) is 1.93. The van der Waals surface area contributed by atoms with E-state index < -0.39 is 18.3 Å². The van der Waals surface area contributed by atoms with E-state index in [2.05, 4.69) is 10.3 Å². The number of alkyl halides is 1. The molecule has 0 saturated carbocycles. The predicted molar refractivity (Wildman–Crippen MR) is 55.3 cm³/mol. The van der Waals surface area contributed by atoms with Crippen LogP contribution in [0.25, 0.3) is 0 Å². The molecule has 2 rings (SSSR count). The Labute approximate surface area is 91.7 Å². The Bertz CT molecular complexity index is 395. The Morgan fingerprint density at radius 2 is 2.44 bits per heavy atom. The van der Waals surface area contributed by atoms with Gasteiger partial charge < -0.3 is 19.9 Å². The number of anilines is 1. The number of nitrogens with one attached hydrogen (secondary N) is 1. The maximum atomic E-state index is 13.5. The van der Waals surface area contributed by atoms with Gasteiger partial charge in [-0.1, -0.05) is 0 Å². The van der Waals surface area contributed by atoms with Crippen LogP contribution in [0.15, 0.2) is 12.4 Å². The monoisotopic (exact) mass is 228 g/mol. The predicted octanol–water partition coefficient (Wildman–Crippen LogP) is 0.214.